The molecule has 1 aliphatic carbocycles. The molecule has 2 N–H and O–H groups in total. The van der Waals surface area contributed by atoms with Crippen LogP contribution in [-0.2, 0) is 11.3 Å². The molecule has 2 aromatic rings. The fraction of sp³-hybridized carbons (Fsp3) is 0.526. The van der Waals surface area contributed by atoms with Crippen LogP contribution in [0.3, 0.4) is 0 Å². The largest absolute Gasteiger partial charge is 0.354 e. The first-order valence-electron chi connectivity index (χ1n) is 9.28. The number of aromatic nitrogens is 3. The van der Waals surface area contributed by atoms with Gasteiger partial charge in [0.05, 0.1) is 12.2 Å². The van der Waals surface area contributed by atoms with Gasteiger partial charge in [0.15, 0.2) is 5.65 Å². The van der Waals surface area contributed by atoms with Gasteiger partial charge in [0.1, 0.15) is 0 Å². The van der Waals surface area contributed by atoms with Gasteiger partial charge in [-0.1, -0.05) is 12.2 Å². The standard InChI is InChI=1S/C19H25N5O/c25-19(14-5-2-1-3-6-14)22-11-12-24-18-16(7-4-9-21-18)17(23-24)15-8-10-20-13-15/h1-2,4,7,9,14-15,20H,3,5-6,8,10-13H2,(H,22,25)/t14-,15+/m0/s1. The van der Waals surface area contributed by atoms with Crippen molar-refractivity contribution in [3.05, 3.63) is 36.2 Å². The van der Waals surface area contributed by atoms with Gasteiger partial charge in [-0.15, -0.1) is 0 Å². The van der Waals surface area contributed by atoms with E-state index in [9.17, 15) is 4.79 Å². The van der Waals surface area contributed by atoms with E-state index in [0.717, 1.165) is 55.5 Å². The average molecular weight is 339 g/mol. The Morgan fingerprint density at radius 3 is 3.12 bits per heavy atom. The molecule has 3 heterocycles. The van der Waals surface area contributed by atoms with E-state index in [1.807, 2.05) is 16.9 Å². The van der Waals surface area contributed by atoms with Crippen LogP contribution in [0.5, 0.6) is 0 Å². The van der Waals surface area contributed by atoms with E-state index in [1.165, 1.54) is 0 Å². The molecule has 2 aromatic heterocycles. The second kappa shape index (κ2) is 7.35. The highest BCUT2D eigenvalue weighted by Gasteiger charge is 2.23. The first-order valence-corrected chi connectivity index (χ1v) is 9.28. The second-order valence-corrected chi connectivity index (χ2v) is 6.95. The Kier molecular flexibility index (Phi) is 4.78. The highest BCUT2D eigenvalue weighted by molar-refractivity contribution is 5.79. The van der Waals surface area contributed by atoms with Crippen molar-refractivity contribution in [2.75, 3.05) is 19.6 Å². The molecule has 6 nitrogen and oxygen atoms in total. The van der Waals surface area contributed by atoms with Gasteiger partial charge in [0.25, 0.3) is 0 Å². The van der Waals surface area contributed by atoms with Crippen molar-refractivity contribution in [3.63, 3.8) is 0 Å². The Hall–Kier alpha value is -2.21. The summed E-state index contributed by atoms with van der Waals surface area (Å²) in [6.07, 6.45) is 10.0. The molecule has 0 unspecified atom stereocenters. The predicted molar refractivity (Wildman–Crippen MR) is 97.2 cm³/mol. The van der Waals surface area contributed by atoms with Crippen LogP contribution in [0.2, 0.25) is 0 Å². The van der Waals surface area contributed by atoms with Gasteiger partial charge >= 0.3 is 0 Å². The lowest BCUT2D eigenvalue weighted by atomic mass is 9.94. The number of fused-ring (bicyclic) bond motifs is 1. The smallest absolute Gasteiger partial charge is 0.223 e. The van der Waals surface area contributed by atoms with Crippen molar-refractivity contribution in [1.82, 2.24) is 25.4 Å². The molecule has 0 bridgehead atoms. The van der Waals surface area contributed by atoms with E-state index in [1.54, 1.807) is 0 Å². The summed E-state index contributed by atoms with van der Waals surface area (Å²) in [6.45, 7) is 3.27. The summed E-state index contributed by atoms with van der Waals surface area (Å²) in [5.74, 6) is 0.739. The Bertz CT molecular complexity index is 775. The predicted octanol–water partition coefficient (Wildman–Crippen LogP) is 1.98. The summed E-state index contributed by atoms with van der Waals surface area (Å²) in [7, 11) is 0. The first kappa shape index (κ1) is 16.3. The number of nitrogens with one attached hydrogen (secondary N) is 2. The van der Waals surface area contributed by atoms with Crippen LogP contribution >= 0.6 is 0 Å². The Labute approximate surface area is 147 Å². The number of nitrogens with zero attached hydrogens (tertiary/aromatic N) is 3. The van der Waals surface area contributed by atoms with Crippen LogP contribution < -0.4 is 10.6 Å². The van der Waals surface area contributed by atoms with Gasteiger partial charge in [-0.05, 0) is 44.4 Å². The molecule has 6 heteroatoms. The van der Waals surface area contributed by atoms with E-state index in [0.29, 0.717) is 19.0 Å². The maximum Gasteiger partial charge on any atom is 0.223 e. The van der Waals surface area contributed by atoms with Crippen molar-refractivity contribution >= 4 is 16.9 Å². The zero-order chi connectivity index (χ0) is 17.1. The van der Waals surface area contributed by atoms with E-state index in [-0.39, 0.29) is 11.8 Å². The van der Waals surface area contributed by atoms with Gasteiger partial charge in [0, 0.05) is 36.5 Å². The molecule has 0 saturated carbocycles. The number of hydrogen-bond donors (Lipinski definition) is 2. The monoisotopic (exact) mass is 339 g/mol. The number of allylic oxidation sites excluding steroid dienone is 2. The highest BCUT2D eigenvalue weighted by atomic mass is 16.1. The van der Waals surface area contributed by atoms with Crippen LogP contribution in [0.1, 0.15) is 37.3 Å². The maximum absolute atomic E-state index is 12.3. The molecule has 1 amide bonds. The molecule has 1 fully saturated rings. The molecule has 0 aromatic carbocycles. The number of carbonyl (C=O) groups is 1. The molecule has 0 spiro atoms. The highest BCUT2D eigenvalue weighted by Crippen LogP contribution is 2.27. The zero-order valence-corrected chi connectivity index (χ0v) is 14.4. The van der Waals surface area contributed by atoms with Crippen LogP contribution in [-0.4, -0.2) is 40.3 Å². The van der Waals surface area contributed by atoms with Crippen molar-refractivity contribution in [3.8, 4) is 0 Å². The van der Waals surface area contributed by atoms with Crippen LogP contribution in [0, 0.1) is 5.92 Å². The lowest BCUT2D eigenvalue weighted by molar-refractivity contribution is -0.125. The van der Waals surface area contributed by atoms with Gasteiger partial charge < -0.3 is 10.6 Å². The Morgan fingerprint density at radius 1 is 1.36 bits per heavy atom. The van der Waals surface area contributed by atoms with Gasteiger partial charge in [-0.25, -0.2) is 9.67 Å². The van der Waals surface area contributed by atoms with Gasteiger partial charge in [0.2, 0.25) is 5.91 Å². The molecule has 0 radical (unpaired) electrons. The van der Waals surface area contributed by atoms with E-state index >= 15 is 0 Å². The zero-order valence-electron chi connectivity index (χ0n) is 14.4. The molecule has 4 rings (SSSR count). The lowest BCUT2D eigenvalue weighted by Gasteiger charge is -2.17. The van der Waals surface area contributed by atoms with Crippen LogP contribution in [0.15, 0.2) is 30.5 Å². The molecule has 2 atom stereocenters. The minimum Gasteiger partial charge on any atom is -0.354 e. The maximum atomic E-state index is 12.3. The summed E-state index contributed by atoms with van der Waals surface area (Å²) >= 11 is 0. The topological polar surface area (TPSA) is 71.8 Å². The molecule has 132 valence electrons. The summed E-state index contributed by atoms with van der Waals surface area (Å²) in [5, 5.41) is 12.4. The molecular formula is C19H25N5O. The first-order chi connectivity index (χ1) is 12.3. The second-order valence-electron chi connectivity index (χ2n) is 6.95. The number of amides is 1. The summed E-state index contributed by atoms with van der Waals surface area (Å²) in [6, 6.07) is 4.07. The van der Waals surface area contributed by atoms with Gasteiger partial charge in [-0.2, -0.15) is 5.10 Å². The Balaban J connectivity index is 1.44. The number of carbonyl (C=O) groups excluding carboxylic acids is 1. The fourth-order valence-corrected chi connectivity index (χ4v) is 3.84. The molecule has 25 heavy (non-hydrogen) atoms. The molecular weight excluding hydrogens is 314 g/mol. The molecule has 2 aliphatic rings. The minimum absolute atomic E-state index is 0.123. The van der Waals surface area contributed by atoms with Crippen LogP contribution in [0.25, 0.3) is 11.0 Å². The lowest BCUT2D eigenvalue weighted by Crippen LogP contribution is -2.33. The number of pyridine rings is 1. The van der Waals surface area contributed by atoms with Gasteiger partial charge in [-0.3, -0.25) is 4.79 Å². The SMILES string of the molecule is O=C(NCCn1nc([C@@H]2CCNC2)c2cccnc21)[C@H]1CC=CCC1. The third-order valence-electron chi connectivity index (χ3n) is 5.25. The number of hydrogen-bond acceptors (Lipinski definition) is 4. The fourth-order valence-electron chi connectivity index (χ4n) is 3.84. The quantitative estimate of drug-likeness (QED) is 0.817. The summed E-state index contributed by atoms with van der Waals surface area (Å²) in [4.78, 5) is 16.8. The summed E-state index contributed by atoms with van der Waals surface area (Å²) < 4.78 is 1.95. The van der Waals surface area contributed by atoms with E-state index < -0.39 is 0 Å². The van der Waals surface area contributed by atoms with Crippen molar-refractivity contribution < 1.29 is 4.79 Å². The molecule has 1 saturated heterocycles. The third-order valence-corrected chi connectivity index (χ3v) is 5.25. The van der Waals surface area contributed by atoms with E-state index in [2.05, 4.69) is 33.8 Å². The van der Waals surface area contributed by atoms with E-state index in [4.69, 9.17) is 5.10 Å². The number of rotatable bonds is 5. The van der Waals surface area contributed by atoms with Crippen LogP contribution in [0.4, 0.5) is 0 Å². The average Bonchev–Trinajstić information content (AvgIpc) is 3.30. The normalized spacial score (nSPS) is 23.2. The summed E-state index contributed by atoms with van der Waals surface area (Å²) in [5.41, 5.74) is 2.05. The minimum atomic E-state index is 0.123. The Morgan fingerprint density at radius 2 is 2.32 bits per heavy atom. The third kappa shape index (κ3) is 3.44. The van der Waals surface area contributed by atoms with Crippen molar-refractivity contribution in [2.45, 2.75) is 38.1 Å². The van der Waals surface area contributed by atoms with Crippen molar-refractivity contribution in [2.24, 2.45) is 5.92 Å². The van der Waals surface area contributed by atoms with Crippen molar-refractivity contribution in [1.29, 1.82) is 0 Å². The molecule has 1 aliphatic heterocycles.